The summed E-state index contributed by atoms with van der Waals surface area (Å²) in [7, 11) is 4.64. The van der Waals surface area contributed by atoms with Crippen LogP contribution in [0.5, 0.6) is 0 Å². The van der Waals surface area contributed by atoms with E-state index >= 15 is 0 Å². The van der Waals surface area contributed by atoms with Crippen LogP contribution in [0.3, 0.4) is 0 Å². The summed E-state index contributed by atoms with van der Waals surface area (Å²) >= 11 is 0. The fourth-order valence-electron chi connectivity index (χ4n) is 2.09. The molecule has 0 saturated carbocycles. The molecule has 0 aliphatic heterocycles. The van der Waals surface area contributed by atoms with Crippen molar-refractivity contribution in [2.75, 3.05) is 34.2 Å². The van der Waals surface area contributed by atoms with E-state index in [4.69, 9.17) is 5.53 Å². The van der Waals surface area contributed by atoms with E-state index < -0.39 is 0 Å². The second-order valence-electron chi connectivity index (χ2n) is 5.45. The van der Waals surface area contributed by atoms with Crippen LogP contribution >= 0.6 is 0 Å². The number of carbonyl (C=O) groups is 3. The van der Waals surface area contributed by atoms with Gasteiger partial charge in [0.2, 0.25) is 11.8 Å². The Balaban J connectivity index is 2.72. The maximum Gasteiger partial charge on any atom is 0.254 e. The maximum absolute atomic E-state index is 12.6. The summed E-state index contributed by atoms with van der Waals surface area (Å²) in [6.45, 7) is 0.221. The Morgan fingerprint density at radius 2 is 1.88 bits per heavy atom. The van der Waals surface area contributed by atoms with Crippen LogP contribution in [0.1, 0.15) is 22.3 Å². The molecule has 0 bridgehead atoms. The monoisotopic (exact) mass is 346 g/mol. The summed E-state index contributed by atoms with van der Waals surface area (Å²) in [6, 6.07) is 6.78. The van der Waals surface area contributed by atoms with Gasteiger partial charge >= 0.3 is 0 Å². The van der Waals surface area contributed by atoms with Crippen LogP contribution in [-0.4, -0.2) is 61.8 Å². The number of amides is 3. The van der Waals surface area contributed by atoms with E-state index in [-0.39, 0.29) is 43.8 Å². The van der Waals surface area contributed by atoms with Crippen molar-refractivity contribution in [3.63, 3.8) is 0 Å². The quantitative estimate of drug-likeness (QED) is 0.432. The van der Waals surface area contributed by atoms with Crippen molar-refractivity contribution in [2.24, 2.45) is 5.11 Å². The van der Waals surface area contributed by atoms with Gasteiger partial charge in [-0.15, -0.1) is 0 Å². The Morgan fingerprint density at radius 3 is 2.52 bits per heavy atom. The van der Waals surface area contributed by atoms with Crippen molar-refractivity contribution in [3.8, 4) is 0 Å². The first-order chi connectivity index (χ1) is 11.9. The first-order valence-corrected chi connectivity index (χ1v) is 7.69. The normalized spacial score (nSPS) is 9.72. The van der Waals surface area contributed by atoms with Crippen LogP contribution in [0.25, 0.3) is 10.4 Å². The molecule has 9 heteroatoms. The molecule has 1 rings (SSSR count). The number of rotatable bonds is 8. The molecule has 1 aromatic rings. The highest BCUT2D eigenvalue weighted by Gasteiger charge is 2.19. The molecule has 0 unspecified atom stereocenters. The third-order valence-corrected chi connectivity index (χ3v) is 3.65. The Kier molecular flexibility index (Phi) is 7.95. The van der Waals surface area contributed by atoms with E-state index in [0.717, 1.165) is 0 Å². The highest BCUT2D eigenvalue weighted by molar-refractivity contribution is 5.97. The average molecular weight is 346 g/mol. The first-order valence-electron chi connectivity index (χ1n) is 7.69. The maximum atomic E-state index is 12.6. The lowest BCUT2D eigenvalue weighted by Crippen LogP contribution is -2.40. The molecule has 134 valence electrons. The highest BCUT2D eigenvalue weighted by Crippen LogP contribution is 2.13. The molecule has 0 aromatic heterocycles. The molecule has 0 aliphatic rings. The van der Waals surface area contributed by atoms with E-state index in [1.54, 1.807) is 31.3 Å². The van der Waals surface area contributed by atoms with Crippen LogP contribution in [0, 0.1) is 0 Å². The van der Waals surface area contributed by atoms with Gasteiger partial charge in [0.25, 0.3) is 5.91 Å². The smallest absolute Gasteiger partial charge is 0.254 e. The van der Waals surface area contributed by atoms with Gasteiger partial charge in [0.05, 0.1) is 13.1 Å². The standard InChI is InChI=1S/C16H22N6O3/c1-18-14(23)8-9-21(2)15(24)11-22(3)16(25)13-7-5-4-6-12(13)10-19-20-17/h4-7H,8-11H2,1-3H3,(H,18,23). The van der Waals surface area contributed by atoms with E-state index in [1.165, 1.54) is 23.9 Å². The minimum absolute atomic E-state index is 0.0617. The minimum Gasteiger partial charge on any atom is -0.359 e. The molecule has 25 heavy (non-hydrogen) atoms. The number of likely N-dealkylation sites (N-methyl/N-ethyl adjacent to an activating group) is 2. The number of nitrogens with zero attached hydrogens (tertiary/aromatic N) is 5. The zero-order valence-electron chi connectivity index (χ0n) is 14.6. The van der Waals surface area contributed by atoms with Crippen molar-refractivity contribution < 1.29 is 14.4 Å². The van der Waals surface area contributed by atoms with E-state index in [1.807, 2.05) is 0 Å². The largest absolute Gasteiger partial charge is 0.359 e. The summed E-state index contributed by atoms with van der Waals surface area (Å²) in [4.78, 5) is 41.4. The molecule has 0 radical (unpaired) electrons. The topological polar surface area (TPSA) is 118 Å². The van der Waals surface area contributed by atoms with Gasteiger partial charge < -0.3 is 15.1 Å². The van der Waals surface area contributed by atoms with Crippen molar-refractivity contribution in [1.82, 2.24) is 15.1 Å². The third-order valence-electron chi connectivity index (χ3n) is 3.65. The van der Waals surface area contributed by atoms with Crippen molar-refractivity contribution in [1.29, 1.82) is 0 Å². The predicted octanol–water partition coefficient (Wildman–Crippen LogP) is 1.16. The van der Waals surface area contributed by atoms with Crippen LogP contribution in [-0.2, 0) is 16.1 Å². The van der Waals surface area contributed by atoms with Crippen molar-refractivity contribution >= 4 is 17.7 Å². The van der Waals surface area contributed by atoms with Crippen LogP contribution in [0.2, 0.25) is 0 Å². The molecule has 0 heterocycles. The lowest BCUT2D eigenvalue weighted by Gasteiger charge is -2.22. The fraction of sp³-hybridized carbons (Fsp3) is 0.438. The third kappa shape index (κ3) is 6.15. The van der Waals surface area contributed by atoms with Gasteiger partial charge in [0.1, 0.15) is 0 Å². The molecule has 0 fully saturated rings. The van der Waals surface area contributed by atoms with Gasteiger partial charge in [0.15, 0.2) is 0 Å². The number of hydrogen-bond donors (Lipinski definition) is 1. The van der Waals surface area contributed by atoms with E-state index in [2.05, 4.69) is 15.3 Å². The zero-order valence-corrected chi connectivity index (χ0v) is 14.6. The van der Waals surface area contributed by atoms with Gasteiger partial charge in [-0.05, 0) is 17.2 Å². The molecule has 3 amide bonds. The number of azide groups is 1. The van der Waals surface area contributed by atoms with Crippen molar-refractivity contribution in [3.05, 3.63) is 45.8 Å². The van der Waals surface area contributed by atoms with Crippen LogP contribution in [0.4, 0.5) is 0 Å². The van der Waals surface area contributed by atoms with Crippen LogP contribution in [0.15, 0.2) is 29.4 Å². The minimum atomic E-state index is -0.336. The predicted molar refractivity (Wildman–Crippen MR) is 92.6 cm³/mol. The molecule has 0 spiro atoms. The first kappa shape index (κ1) is 20.0. The summed E-state index contributed by atoms with van der Waals surface area (Å²) in [5.74, 6) is -0.764. The lowest BCUT2D eigenvalue weighted by molar-refractivity contribution is -0.131. The summed E-state index contributed by atoms with van der Waals surface area (Å²) in [5.41, 5.74) is 9.42. The zero-order chi connectivity index (χ0) is 18.8. The number of benzene rings is 1. The molecule has 0 aliphatic carbocycles. The molecule has 1 N–H and O–H groups in total. The van der Waals surface area contributed by atoms with E-state index in [9.17, 15) is 14.4 Å². The molecular formula is C16H22N6O3. The van der Waals surface area contributed by atoms with Gasteiger partial charge in [-0.1, -0.05) is 23.3 Å². The molecule has 9 nitrogen and oxygen atoms in total. The second-order valence-corrected chi connectivity index (χ2v) is 5.45. The summed E-state index contributed by atoms with van der Waals surface area (Å²) in [5, 5.41) is 5.97. The number of nitrogens with one attached hydrogen (secondary N) is 1. The Morgan fingerprint density at radius 1 is 1.20 bits per heavy atom. The fourth-order valence-corrected chi connectivity index (χ4v) is 2.09. The van der Waals surface area contributed by atoms with Gasteiger partial charge in [-0.2, -0.15) is 0 Å². The number of carbonyl (C=O) groups excluding carboxylic acids is 3. The van der Waals surface area contributed by atoms with Crippen LogP contribution < -0.4 is 5.32 Å². The van der Waals surface area contributed by atoms with Gasteiger partial charge in [-0.3, -0.25) is 14.4 Å². The average Bonchev–Trinajstić information content (AvgIpc) is 2.63. The highest BCUT2D eigenvalue weighted by atomic mass is 16.2. The van der Waals surface area contributed by atoms with Gasteiger partial charge in [0, 0.05) is 44.6 Å². The SMILES string of the molecule is CNC(=O)CCN(C)C(=O)CN(C)C(=O)c1ccccc1CN=[N+]=[N-]. The van der Waals surface area contributed by atoms with Crippen molar-refractivity contribution in [2.45, 2.75) is 13.0 Å². The number of hydrogen-bond acceptors (Lipinski definition) is 4. The molecule has 1 aromatic carbocycles. The molecule has 0 atom stereocenters. The Labute approximate surface area is 146 Å². The second kappa shape index (κ2) is 9.94. The van der Waals surface area contributed by atoms with Gasteiger partial charge in [-0.25, -0.2) is 0 Å². The molecular weight excluding hydrogens is 324 g/mol. The van der Waals surface area contributed by atoms with E-state index in [0.29, 0.717) is 11.1 Å². The Hall–Kier alpha value is -3.06. The molecule has 0 saturated heterocycles. The summed E-state index contributed by atoms with van der Waals surface area (Å²) in [6.07, 6.45) is 0.200. The lowest BCUT2D eigenvalue weighted by atomic mass is 10.1. The summed E-state index contributed by atoms with van der Waals surface area (Å²) < 4.78 is 0. The Bertz CT molecular complexity index is 684.